The summed E-state index contributed by atoms with van der Waals surface area (Å²) in [5, 5.41) is 5.62. The Morgan fingerprint density at radius 3 is 2.80 bits per heavy atom. The first-order chi connectivity index (χ1) is 7.13. The SMILES string of the molecule is CCC(NC(C)CS(C)=O)c1cccs1. The van der Waals surface area contributed by atoms with Gasteiger partial charge in [0.05, 0.1) is 0 Å². The molecule has 0 saturated carbocycles. The molecule has 1 aromatic rings. The van der Waals surface area contributed by atoms with E-state index in [1.807, 2.05) is 0 Å². The molecule has 0 aliphatic rings. The van der Waals surface area contributed by atoms with Gasteiger partial charge < -0.3 is 5.32 Å². The third kappa shape index (κ3) is 4.45. The van der Waals surface area contributed by atoms with Crippen molar-refractivity contribution < 1.29 is 4.21 Å². The highest BCUT2D eigenvalue weighted by Crippen LogP contribution is 2.22. The quantitative estimate of drug-likeness (QED) is 0.834. The second kappa shape index (κ2) is 6.40. The van der Waals surface area contributed by atoms with E-state index in [0.29, 0.717) is 12.1 Å². The second-order valence-corrected chi connectivity index (χ2v) is 6.24. The lowest BCUT2D eigenvalue weighted by atomic mass is 10.1. The second-order valence-electron chi connectivity index (χ2n) is 3.78. The minimum absolute atomic E-state index is 0.308. The standard InChI is InChI=1S/C11H19NOS2/c1-4-10(11-6-5-7-14-11)12-9(2)8-15(3)13/h5-7,9-10,12H,4,8H2,1-3H3. The Hall–Kier alpha value is -0.190. The zero-order valence-corrected chi connectivity index (χ0v) is 11.2. The molecular weight excluding hydrogens is 226 g/mol. The van der Waals surface area contributed by atoms with Gasteiger partial charge in [-0.25, -0.2) is 0 Å². The van der Waals surface area contributed by atoms with Crippen molar-refractivity contribution in [3.05, 3.63) is 22.4 Å². The van der Waals surface area contributed by atoms with Gasteiger partial charge >= 0.3 is 0 Å². The summed E-state index contributed by atoms with van der Waals surface area (Å²) in [6, 6.07) is 4.94. The lowest BCUT2D eigenvalue weighted by molar-refractivity contribution is 0.474. The van der Waals surface area contributed by atoms with Gasteiger partial charge in [-0.2, -0.15) is 0 Å². The largest absolute Gasteiger partial charge is 0.306 e. The van der Waals surface area contributed by atoms with Crippen LogP contribution < -0.4 is 5.32 Å². The van der Waals surface area contributed by atoms with Crippen molar-refractivity contribution in [3.8, 4) is 0 Å². The van der Waals surface area contributed by atoms with Crippen LogP contribution in [0.15, 0.2) is 17.5 Å². The average Bonchev–Trinajstić information content (AvgIpc) is 2.65. The van der Waals surface area contributed by atoms with Crippen LogP contribution in [0.4, 0.5) is 0 Å². The number of rotatable bonds is 6. The highest BCUT2D eigenvalue weighted by Gasteiger charge is 2.13. The van der Waals surface area contributed by atoms with Crippen LogP contribution in [0.25, 0.3) is 0 Å². The van der Waals surface area contributed by atoms with Crippen LogP contribution in [0, 0.1) is 0 Å². The van der Waals surface area contributed by atoms with E-state index in [-0.39, 0.29) is 0 Å². The average molecular weight is 245 g/mol. The van der Waals surface area contributed by atoms with Gasteiger partial charge in [-0.3, -0.25) is 4.21 Å². The summed E-state index contributed by atoms with van der Waals surface area (Å²) < 4.78 is 11.1. The highest BCUT2D eigenvalue weighted by molar-refractivity contribution is 7.84. The van der Waals surface area contributed by atoms with E-state index in [9.17, 15) is 4.21 Å². The molecule has 1 N–H and O–H groups in total. The zero-order chi connectivity index (χ0) is 11.3. The Bertz CT molecular complexity index is 298. The van der Waals surface area contributed by atoms with Crippen LogP contribution in [-0.2, 0) is 10.8 Å². The topological polar surface area (TPSA) is 29.1 Å². The smallest absolute Gasteiger partial charge is 0.0414 e. The number of hydrogen-bond donors (Lipinski definition) is 1. The molecule has 0 aliphatic heterocycles. The van der Waals surface area contributed by atoms with Crippen molar-refractivity contribution >= 4 is 22.1 Å². The summed E-state index contributed by atoms with van der Waals surface area (Å²) in [5.41, 5.74) is 0. The van der Waals surface area contributed by atoms with Crippen molar-refractivity contribution in [2.45, 2.75) is 32.4 Å². The predicted octanol–water partition coefficient (Wildman–Crippen LogP) is 2.56. The first kappa shape index (κ1) is 12.9. The lowest BCUT2D eigenvalue weighted by Gasteiger charge is -2.20. The monoisotopic (exact) mass is 245 g/mol. The molecule has 0 aromatic carbocycles. The fourth-order valence-corrected chi connectivity index (χ4v) is 3.31. The summed E-state index contributed by atoms with van der Waals surface area (Å²) in [6.07, 6.45) is 2.82. The van der Waals surface area contributed by atoms with Crippen molar-refractivity contribution in [1.82, 2.24) is 5.32 Å². The van der Waals surface area contributed by atoms with E-state index in [1.165, 1.54) is 4.88 Å². The van der Waals surface area contributed by atoms with Crippen molar-refractivity contribution in [3.63, 3.8) is 0 Å². The van der Waals surface area contributed by atoms with Gasteiger partial charge in [0.1, 0.15) is 0 Å². The summed E-state index contributed by atoms with van der Waals surface area (Å²) >= 11 is 1.78. The molecule has 2 nitrogen and oxygen atoms in total. The lowest BCUT2D eigenvalue weighted by Crippen LogP contribution is -2.33. The predicted molar refractivity (Wildman–Crippen MR) is 68.9 cm³/mol. The molecule has 15 heavy (non-hydrogen) atoms. The van der Waals surface area contributed by atoms with Gasteiger partial charge in [0.15, 0.2) is 0 Å². The van der Waals surface area contributed by atoms with Gasteiger partial charge in [0, 0.05) is 39.8 Å². The fourth-order valence-electron chi connectivity index (χ4n) is 1.63. The van der Waals surface area contributed by atoms with Crippen LogP contribution in [0.2, 0.25) is 0 Å². The summed E-state index contributed by atoms with van der Waals surface area (Å²) in [6.45, 7) is 4.27. The maximum Gasteiger partial charge on any atom is 0.0414 e. The highest BCUT2D eigenvalue weighted by atomic mass is 32.2. The van der Waals surface area contributed by atoms with Gasteiger partial charge in [-0.1, -0.05) is 13.0 Å². The van der Waals surface area contributed by atoms with E-state index in [4.69, 9.17) is 0 Å². The number of thiophene rings is 1. The number of hydrogen-bond acceptors (Lipinski definition) is 3. The van der Waals surface area contributed by atoms with Crippen LogP contribution in [0.1, 0.15) is 31.2 Å². The molecule has 1 rings (SSSR count). The molecule has 0 spiro atoms. The molecule has 0 amide bonds. The van der Waals surface area contributed by atoms with Crippen LogP contribution in [0.3, 0.4) is 0 Å². The van der Waals surface area contributed by atoms with E-state index in [2.05, 4.69) is 36.7 Å². The van der Waals surface area contributed by atoms with Gasteiger partial charge in [-0.15, -0.1) is 11.3 Å². The first-order valence-electron chi connectivity index (χ1n) is 5.23. The van der Waals surface area contributed by atoms with E-state index in [0.717, 1.165) is 12.2 Å². The molecule has 0 saturated heterocycles. The van der Waals surface area contributed by atoms with Gasteiger partial charge in [-0.05, 0) is 24.8 Å². The molecule has 86 valence electrons. The molecule has 0 aliphatic carbocycles. The van der Waals surface area contributed by atoms with Crippen LogP contribution in [0.5, 0.6) is 0 Å². The first-order valence-corrected chi connectivity index (χ1v) is 7.83. The van der Waals surface area contributed by atoms with Crippen LogP contribution in [-0.4, -0.2) is 22.3 Å². The maximum absolute atomic E-state index is 11.1. The van der Waals surface area contributed by atoms with E-state index >= 15 is 0 Å². The van der Waals surface area contributed by atoms with Crippen molar-refractivity contribution in [2.24, 2.45) is 0 Å². The Kier molecular flexibility index (Phi) is 5.50. The minimum atomic E-state index is -0.720. The minimum Gasteiger partial charge on any atom is -0.306 e. The molecule has 3 unspecified atom stereocenters. The molecular formula is C11H19NOS2. The summed E-state index contributed by atoms with van der Waals surface area (Å²) in [5.74, 6) is 0.724. The molecule has 0 fully saturated rings. The Morgan fingerprint density at radius 2 is 2.33 bits per heavy atom. The molecule has 3 atom stereocenters. The molecule has 1 heterocycles. The van der Waals surface area contributed by atoms with Gasteiger partial charge in [0.25, 0.3) is 0 Å². The van der Waals surface area contributed by atoms with Gasteiger partial charge in [0.2, 0.25) is 0 Å². The summed E-state index contributed by atoms with van der Waals surface area (Å²) in [4.78, 5) is 1.37. The number of nitrogens with one attached hydrogen (secondary N) is 1. The molecule has 0 radical (unpaired) electrons. The maximum atomic E-state index is 11.1. The fraction of sp³-hybridized carbons (Fsp3) is 0.636. The Morgan fingerprint density at radius 1 is 1.60 bits per heavy atom. The normalized spacial score (nSPS) is 17.3. The molecule has 0 bridgehead atoms. The Labute approximate surface area is 98.6 Å². The third-order valence-electron chi connectivity index (χ3n) is 2.27. The summed E-state index contributed by atoms with van der Waals surface area (Å²) in [7, 11) is -0.720. The molecule has 4 heteroatoms. The van der Waals surface area contributed by atoms with Crippen LogP contribution >= 0.6 is 11.3 Å². The van der Waals surface area contributed by atoms with Crippen molar-refractivity contribution in [2.75, 3.05) is 12.0 Å². The Balaban J connectivity index is 2.50. The van der Waals surface area contributed by atoms with E-state index in [1.54, 1.807) is 17.6 Å². The van der Waals surface area contributed by atoms with E-state index < -0.39 is 10.8 Å². The van der Waals surface area contributed by atoms with Crippen molar-refractivity contribution in [1.29, 1.82) is 0 Å². The third-order valence-corrected chi connectivity index (χ3v) is 4.22. The zero-order valence-electron chi connectivity index (χ0n) is 9.53. The molecule has 1 aromatic heterocycles.